The molecule has 138 valence electrons. The Morgan fingerprint density at radius 3 is 3.12 bits per heavy atom. The number of carbonyl (C=O) groups excluding carboxylic acids is 1. The van der Waals surface area contributed by atoms with Crippen LogP contribution >= 0.6 is 0 Å². The van der Waals surface area contributed by atoms with E-state index in [9.17, 15) is 4.79 Å². The highest BCUT2D eigenvalue weighted by Crippen LogP contribution is 2.44. The van der Waals surface area contributed by atoms with Crippen molar-refractivity contribution in [3.05, 3.63) is 29.6 Å². The molecule has 0 spiro atoms. The Bertz CT molecular complexity index is 816. The number of nitrogens with one attached hydrogen (secondary N) is 2. The van der Waals surface area contributed by atoms with Gasteiger partial charge in [0.15, 0.2) is 5.82 Å². The van der Waals surface area contributed by atoms with Gasteiger partial charge in [0.2, 0.25) is 5.91 Å². The van der Waals surface area contributed by atoms with Crippen LogP contribution in [-0.2, 0) is 11.2 Å². The van der Waals surface area contributed by atoms with Gasteiger partial charge in [-0.3, -0.25) is 4.79 Å². The fourth-order valence-electron chi connectivity index (χ4n) is 4.34. The summed E-state index contributed by atoms with van der Waals surface area (Å²) < 4.78 is 5.34. The van der Waals surface area contributed by atoms with Crippen molar-refractivity contribution >= 4 is 11.6 Å². The molecule has 0 unspecified atom stereocenters. The summed E-state index contributed by atoms with van der Waals surface area (Å²) in [6.07, 6.45) is 5.20. The minimum atomic E-state index is -0.263. The van der Waals surface area contributed by atoms with Crippen LogP contribution in [-0.4, -0.2) is 29.1 Å². The summed E-state index contributed by atoms with van der Waals surface area (Å²) in [5, 5.41) is 10.6. The summed E-state index contributed by atoms with van der Waals surface area (Å²) in [7, 11) is 0. The van der Waals surface area contributed by atoms with E-state index in [2.05, 4.69) is 20.8 Å². The molecule has 1 amide bonds. The summed E-state index contributed by atoms with van der Waals surface area (Å²) in [6, 6.07) is 5.89. The summed E-state index contributed by atoms with van der Waals surface area (Å²) in [6.45, 7) is 5.73. The average molecular weight is 354 g/mol. The minimum Gasteiger partial charge on any atom is -0.334 e. The Morgan fingerprint density at radius 2 is 2.31 bits per heavy atom. The molecule has 0 bridgehead atoms. The lowest BCUT2D eigenvalue weighted by molar-refractivity contribution is -0.128. The number of hydrogen-bond donors (Lipinski definition) is 2. The lowest BCUT2D eigenvalue weighted by atomic mass is 9.67. The number of aryl methyl sites for hydroxylation is 2. The first-order chi connectivity index (χ1) is 12.6. The van der Waals surface area contributed by atoms with Crippen LogP contribution in [0.25, 0.3) is 11.5 Å². The highest BCUT2D eigenvalue weighted by molar-refractivity contribution is 5.97. The highest BCUT2D eigenvalue weighted by atomic mass is 16.5. The number of nitrogens with zero attached hydrogens (tertiary/aromatic N) is 2. The first-order valence-corrected chi connectivity index (χ1v) is 9.58. The second-order valence-electron chi connectivity index (χ2n) is 7.58. The summed E-state index contributed by atoms with van der Waals surface area (Å²) in [5.41, 5.74) is 2.43. The molecule has 2 aromatic rings. The molecule has 2 fully saturated rings. The van der Waals surface area contributed by atoms with E-state index in [4.69, 9.17) is 4.52 Å². The zero-order valence-corrected chi connectivity index (χ0v) is 15.5. The van der Waals surface area contributed by atoms with Gasteiger partial charge in [-0.05, 0) is 49.9 Å². The van der Waals surface area contributed by atoms with E-state index in [-0.39, 0.29) is 11.3 Å². The van der Waals surface area contributed by atoms with E-state index in [1.165, 1.54) is 6.42 Å². The molecule has 1 aliphatic heterocycles. The number of anilines is 1. The quantitative estimate of drug-likeness (QED) is 0.880. The van der Waals surface area contributed by atoms with Gasteiger partial charge in [0.25, 0.3) is 5.89 Å². The van der Waals surface area contributed by atoms with E-state index >= 15 is 0 Å². The Hall–Kier alpha value is -2.21. The molecule has 6 heteroatoms. The van der Waals surface area contributed by atoms with Crippen LogP contribution in [0, 0.1) is 18.3 Å². The molecular formula is C20H26N4O2. The molecule has 0 radical (unpaired) electrons. The predicted octanol–water partition coefficient (Wildman–Crippen LogP) is 3.33. The van der Waals surface area contributed by atoms with Crippen molar-refractivity contribution in [1.82, 2.24) is 15.5 Å². The molecule has 1 aromatic carbocycles. The van der Waals surface area contributed by atoms with E-state index < -0.39 is 0 Å². The van der Waals surface area contributed by atoms with Gasteiger partial charge in [-0.15, -0.1) is 0 Å². The van der Waals surface area contributed by atoms with Crippen molar-refractivity contribution in [2.45, 2.75) is 46.0 Å². The maximum absolute atomic E-state index is 13.2. The molecular weight excluding hydrogens is 328 g/mol. The molecule has 1 aliphatic carbocycles. The van der Waals surface area contributed by atoms with E-state index in [1.54, 1.807) is 0 Å². The third-order valence-corrected chi connectivity index (χ3v) is 6.01. The zero-order chi connectivity index (χ0) is 18.1. The maximum Gasteiger partial charge on any atom is 0.257 e. The zero-order valence-electron chi connectivity index (χ0n) is 15.5. The Morgan fingerprint density at radius 1 is 1.42 bits per heavy atom. The van der Waals surface area contributed by atoms with Gasteiger partial charge in [0.1, 0.15) is 0 Å². The van der Waals surface area contributed by atoms with Crippen LogP contribution in [0.15, 0.2) is 22.7 Å². The SMILES string of the molecule is CCc1noc(-c2ccc(C)c(NC(=O)[C@@]34CCCC[C@H]3CNC4)c2)n1. The van der Waals surface area contributed by atoms with Crippen LogP contribution in [0.5, 0.6) is 0 Å². The van der Waals surface area contributed by atoms with Gasteiger partial charge >= 0.3 is 0 Å². The van der Waals surface area contributed by atoms with Crippen LogP contribution in [0.2, 0.25) is 0 Å². The topological polar surface area (TPSA) is 80.0 Å². The van der Waals surface area contributed by atoms with E-state index in [0.29, 0.717) is 17.6 Å². The predicted molar refractivity (Wildman–Crippen MR) is 99.7 cm³/mol. The van der Waals surface area contributed by atoms with Crippen molar-refractivity contribution in [2.24, 2.45) is 11.3 Å². The third-order valence-electron chi connectivity index (χ3n) is 6.01. The van der Waals surface area contributed by atoms with Gasteiger partial charge < -0.3 is 15.2 Å². The van der Waals surface area contributed by atoms with E-state index in [1.807, 2.05) is 32.0 Å². The van der Waals surface area contributed by atoms with Crippen LogP contribution in [0.4, 0.5) is 5.69 Å². The second kappa shape index (κ2) is 6.83. The monoisotopic (exact) mass is 354 g/mol. The van der Waals surface area contributed by atoms with Crippen LogP contribution < -0.4 is 10.6 Å². The standard InChI is InChI=1S/C20H26N4O2/c1-3-17-23-18(26-24-17)14-8-7-13(2)16(10-14)22-19(25)20-9-5-4-6-15(20)11-21-12-20/h7-8,10,15,21H,3-6,9,11-12H2,1-2H3,(H,22,25)/t15-,20+/m0/s1. The third kappa shape index (κ3) is 2.92. The van der Waals surface area contributed by atoms with Crippen molar-refractivity contribution in [3.63, 3.8) is 0 Å². The minimum absolute atomic E-state index is 0.146. The summed E-state index contributed by atoms with van der Waals surface area (Å²) in [4.78, 5) is 17.6. The smallest absolute Gasteiger partial charge is 0.257 e. The van der Waals surface area contributed by atoms with Gasteiger partial charge in [0.05, 0.1) is 5.41 Å². The Balaban J connectivity index is 1.59. The normalized spacial score (nSPS) is 25.1. The molecule has 1 saturated heterocycles. The number of carbonyl (C=O) groups is 1. The van der Waals surface area contributed by atoms with Crippen molar-refractivity contribution < 1.29 is 9.32 Å². The van der Waals surface area contributed by atoms with Crippen LogP contribution in [0.1, 0.15) is 44.0 Å². The largest absolute Gasteiger partial charge is 0.334 e. The van der Waals surface area contributed by atoms with Gasteiger partial charge in [0, 0.05) is 24.2 Å². The Labute approximate surface area is 153 Å². The summed E-state index contributed by atoms with van der Waals surface area (Å²) in [5.74, 6) is 1.77. The first kappa shape index (κ1) is 17.2. The van der Waals surface area contributed by atoms with Crippen LogP contribution in [0.3, 0.4) is 0 Å². The molecule has 1 saturated carbocycles. The number of amides is 1. The molecule has 6 nitrogen and oxygen atoms in total. The van der Waals surface area contributed by atoms with Gasteiger partial charge in [-0.25, -0.2) is 0 Å². The number of benzene rings is 1. The first-order valence-electron chi connectivity index (χ1n) is 9.58. The summed E-state index contributed by atoms with van der Waals surface area (Å²) >= 11 is 0. The highest BCUT2D eigenvalue weighted by Gasteiger charge is 2.49. The lowest BCUT2D eigenvalue weighted by Crippen LogP contribution is -2.44. The molecule has 26 heavy (non-hydrogen) atoms. The van der Waals surface area contributed by atoms with Gasteiger partial charge in [-0.2, -0.15) is 4.98 Å². The van der Waals surface area contributed by atoms with Crippen molar-refractivity contribution in [1.29, 1.82) is 0 Å². The molecule has 4 rings (SSSR count). The van der Waals surface area contributed by atoms with E-state index in [0.717, 1.165) is 55.6 Å². The molecule has 2 aliphatic rings. The molecule has 1 aromatic heterocycles. The number of hydrogen-bond acceptors (Lipinski definition) is 5. The average Bonchev–Trinajstić information content (AvgIpc) is 3.30. The fourth-order valence-corrected chi connectivity index (χ4v) is 4.34. The number of fused-ring (bicyclic) bond motifs is 1. The number of aromatic nitrogens is 2. The fraction of sp³-hybridized carbons (Fsp3) is 0.550. The molecule has 2 N–H and O–H groups in total. The molecule has 2 heterocycles. The number of rotatable bonds is 4. The lowest BCUT2D eigenvalue weighted by Gasteiger charge is -2.37. The maximum atomic E-state index is 13.2. The molecule has 2 atom stereocenters. The second-order valence-corrected chi connectivity index (χ2v) is 7.58. The Kier molecular flexibility index (Phi) is 4.53. The van der Waals surface area contributed by atoms with Crippen molar-refractivity contribution in [3.8, 4) is 11.5 Å². The van der Waals surface area contributed by atoms with Crippen molar-refractivity contribution in [2.75, 3.05) is 18.4 Å². The van der Waals surface area contributed by atoms with Gasteiger partial charge in [-0.1, -0.05) is 31.0 Å².